The number of esters is 1. The van der Waals surface area contributed by atoms with Gasteiger partial charge in [0.1, 0.15) is 6.54 Å². The Labute approximate surface area is 123 Å². The summed E-state index contributed by atoms with van der Waals surface area (Å²) in [5.74, 6) is -0.0350. The first-order valence-corrected chi connectivity index (χ1v) is 7.75. The zero-order chi connectivity index (χ0) is 13.7. The summed E-state index contributed by atoms with van der Waals surface area (Å²) in [5.41, 5.74) is 1.26. The molecule has 0 amide bonds. The van der Waals surface area contributed by atoms with E-state index in [0.717, 1.165) is 30.4 Å². The first kappa shape index (κ1) is 14.5. The molecule has 1 saturated heterocycles. The second kappa shape index (κ2) is 7.06. The molecule has 4 heteroatoms. The Bertz CT molecular complexity index is 436. The van der Waals surface area contributed by atoms with Gasteiger partial charge in [0.05, 0.1) is 13.2 Å². The van der Waals surface area contributed by atoms with Crippen molar-refractivity contribution in [1.82, 2.24) is 0 Å². The molecule has 1 aliphatic rings. The van der Waals surface area contributed by atoms with Gasteiger partial charge in [0.2, 0.25) is 0 Å². The Morgan fingerprint density at radius 3 is 3.05 bits per heavy atom. The molecule has 1 N–H and O–H groups in total. The minimum Gasteiger partial charge on any atom is -0.462 e. The number of piperidine rings is 1. The van der Waals surface area contributed by atoms with E-state index in [0.29, 0.717) is 6.61 Å². The van der Waals surface area contributed by atoms with Gasteiger partial charge in [-0.1, -0.05) is 28.1 Å². The van der Waals surface area contributed by atoms with E-state index >= 15 is 0 Å². The van der Waals surface area contributed by atoms with Crippen molar-refractivity contribution in [3.8, 4) is 0 Å². The summed E-state index contributed by atoms with van der Waals surface area (Å²) in [7, 11) is 0. The third-order valence-electron chi connectivity index (χ3n) is 3.62. The predicted molar refractivity (Wildman–Crippen MR) is 77.9 cm³/mol. The molecule has 2 atom stereocenters. The van der Waals surface area contributed by atoms with Crippen molar-refractivity contribution < 1.29 is 14.4 Å². The van der Waals surface area contributed by atoms with Gasteiger partial charge in [-0.3, -0.25) is 0 Å². The highest BCUT2D eigenvalue weighted by molar-refractivity contribution is 9.10. The number of hydrogen-bond acceptors (Lipinski definition) is 2. The molecular formula is C15H21BrNO2+. The Balaban J connectivity index is 2.05. The number of rotatable bonds is 4. The quantitative estimate of drug-likeness (QED) is 0.857. The van der Waals surface area contributed by atoms with Crippen molar-refractivity contribution in [2.75, 3.05) is 13.2 Å². The maximum Gasteiger partial charge on any atom is 0.364 e. The molecule has 3 nitrogen and oxygen atoms in total. The fraction of sp³-hybridized carbons (Fsp3) is 0.533. The van der Waals surface area contributed by atoms with Gasteiger partial charge in [0.25, 0.3) is 0 Å². The molecule has 0 aromatic heterocycles. The average Bonchev–Trinajstić information content (AvgIpc) is 2.39. The lowest BCUT2D eigenvalue weighted by Crippen LogP contribution is -3.16. The summed E-state index contributed by atoms with van der Waals surface area (Å²) in [6.45, 7) is 4.28. The van der Waals surface area contributed by atoms with Gasteiger partial charge in [-0.05, 0) is 31.9 Å². The number of quaternary nitrogens is 1. The third kappa shape index (κ3) is 4.05. The van der Waals surface area contributed by atoms with Crippen molar-refractivity contribution in [3.05, 3.63) is 34.3 Å². The molecule has 0 bridgehead atoms. The Morgan fingerprint density at radius 2 is 2.32 bits per heavy atom. The number of nitrogens with one attached hydrogen (secondary N) is 1. The van der Waals surface area contributed by atoms with Gasteiger partial charge in [-0.2, -0.15) is 0 Å². The summed E-state index contributed by atoms with van der Waals surface area (Å²) in [4.78, 5) is 13.3. The van der Waals surface area contributed by atoms with Crippen LogP contribution in [0, 0.1) is 0 Å². The van der Waals surface area contributed by atoms with Crippen LogP contribution in [0.5, 0.6) is 0 Å². The highest BCUT2D eigenvalue weighted by Crippen LogP contribution is 2.12. The van der Waals surface area contributed by atoms with Gasteiger partial charge < -0.3 is 9.64 Å². The average molecular weight is 327 g/mol. The summed E-state index contributed by atoms with van der Waals surface area (Å²) >= 11 is 3.49. The van der Waals surface area contributed by atoms with Crippen LogP contribution in [-0.2, 0) is 16.1 Å². The molecular weight excluding hydrogens is 306 g/mol. The fourth-order valence-electron chi connectivity index (χ4n) is 2.73. The van der Waals surface area contributed by atoms with Crippen LogP contribution in [0.15, 0.2) is 28.7 Å². The second-order valence-electron chi connectivity index (χ2n) is 5.02. The molecule has 0 radical (unpaired) electrons. The second-order valence-corrected chi connectivity index (χ2v) is 5.93. The standard InChI is InChI=1S/C15H20BrNO2/c1-2-19-15(18)14-8-3-4-9-17(14)11-12-6-5-7-13(16)10-12/h5-7,10,14H,2-4,8-9,11H2,1H3/p+1/t14-/m1/s1. The van der Waals surface area contributed by atoms with Crippen LogP contribution in [0.1, 0.15) is 31.7 Å². The highest BCUT2D eigenvalue weighted by atomic mass is 79.9. The lowest BCUT2D eigenvalue weighted by Gasteiger charge is -2.30. The number of likely N-dealkylation sites (tertiary alicyclic amines) is 1. The van der Waals surface area contributed by atoms with Crippen molar-refractivity contribution in [1.29, 1.82) is 0 Å². The van der Waals surface area contributed by atoms with Crippen LogP contribution in [0.4, 0.5) is 0 Å². The van der Waals surface area contributed by atoms with Crippen molar-refractivity contribution in [2.24, 2.45) is 0 Å². The summed E-state index contributed by atoms with van der Waals surface area (Å²) in [6, 6.07) is 8.33. The van der Waals surface area contributed by atoms with Gasteiger partial charge in [0.15, 0.2) is 6.04 Å². The molecule has 1 aromatic rings. The highest BCUT2D eigenvalue weighted by Gasteiger charge is 2.33. The molecule has 1 aromatic carbocycles. The largest absolute Gasteiger partial charge is 0.462 e. The smallest absolute Gasteiger partial charge is 0.364 e. The van der Waals surface area contributed by atoms with Gasteiger partial charge in [-0.25, -0.2) is 4.79 Å². The summed E-state index contributed by atoms with van der Waals surface area (Å²) < 4.78 is 6.30. The molecule has 104 valence electrons. The molecule has 1 fully saturated rings. The van der Waals surface area contributed by atoms with E-state index in [1.54, 1.807) is 0 Å². The molecule has 19 heavy (non-hydrogen) atoms. The van der Waals surface area contributed by atoms with Gasteiger partial charge >= 0.3 is 5.97 Å². The lowest BCUT2D eigenvalue weighted by molar-refractivity contribution is -0.935. The van der Waals surface area contributed by atoms with E-state index in [4.69, 9.17) is 4.74 Å². The molecule has 2 rings (SSSR count). The molecule has 0 spiro atoms. The van der Waals surface area contributed by atoms with E-state index in [1.165, 1.54) is 16.9 Å². The minimum atomic E-state index is -0.0350. The Morgan fingerprint density at radius 1 is 1.47 bits per heavy atom. The van der Waals surface area contributed by atoms with Crippen LogP contribution in [0.2, 0.25) is 0 Å². The van der Waals surface area contributed by atoms with Crippen molar-refractivity contribution in [3.63, 3.8) is 0 Å². The maximum absolute atomic E-state index is 12.0. The first-order valence-electron chi connectivity index (χ1n) is 6.96. The zero-order valence-electron chi connectivity index (χ0n) is 11.3. The Kier molecular flexibility index (Phi) is 5.40. The van der Waals surface area contributed by atoms with Crippen LogP contribution in [0.3, 0.4) is 0 Å². The van der Waals surface area contributed by atoms with E-state index in [-0.39, 0.29) is 12.0 Å². The maximum atomic E-state index is 12.0. The van der Waals surface area contributed by atoms with Gasteiger partial charge in [0, 0.05) is 16.5 Å². The van der Waals surface area contributed by atoms with Crippen molar-refractivity contribution >= 4 is 21.9 Å². The molecule has 0 saturated carbocycles. The van der Waals surface area contributed by atoms with Crippen LogP contribution >= 0.6 is 15.9 Å². The number of hydrogen-bond donors (Lipinski definition) is 1. The van der Waals surface area contributed by atoms with E-state index in [9.17, 15) is 4.79 Å². The SMILES string of the molecule is CCOC(=O)[C@H]1CCCC[NH+]1Cc1cccc(Br)c1. The Hall–Kier alpha value is -0.870. The number of ether oxygens (including phenoxy) is 1. The normalized spacial score (nSPS) is 23.1. The first-order chi connectivity index (χ1) is 9.20. The molecule has 1 unspecified atom stereocenters. The lowest BCUT2D eigenvalue weighted by atomic mass is 10.0. The van der Waals surface area contributed by atoms with Gasteiger partial charge in [-0.15, -0.1) is 0 Å². The zero-order valence-corrected chi connectivity index (χ0v) is 12.9. The molecule has 0 aliphatic carbocycles. The fourth-order valence-corrected chi connectivity index (χ4v) is 3.17. The van der Waals surface area contributed by atoms with Crippen molar-refractivity contribution in [2.45, 2.75) is 38.8 Å². The summed E-state index contributed by atoms with van der Waals surface area (Å²) in [5, 5.41) is 0. The molecule has 1 aliphatic heterocycles. The monoisotopic (exact) mass is 326 g/mol. The minimum absolute atomic E-state index is 0.00711. The predicted octanol–water partition coefficient (Wildman–Crippen LogP) is 1.95. The number of carbonyl (C=O) groups excluding carboxylic acids is 1. The van der Waals surface area contributed by atoms with Crippen LogP contribution < -0.4 is 4.90 Å². The van der Waals surface area contributed by atoms with E-state index < -0.39 is 0 Å². The third-order valence-corrected chi connectivity index (χ3v) is 4.12. The summed E-state index contributed by atoms with van der Waals surface area (Å²) in [6.07, 6.45) is 3.27. The topological polar surface area (TPSA) is 30.7 Å². The van der Waals surface area contributed by atoms with Crippen LogP contribution in [-0.4, -0.2) is 25.2 Å². The van der Waals surface area contributed by atoms with Crippen LogP contribution in [0.25, 0.3) is 0 Å². The van der Waals surface area contributed by atoms with E-state index in [2.05, 4.69) is 28.1 Å². The number of carbonyl (C=O) groups is 1. The molecule has 1 heterocycles. The van der Waals surface area contributed by atoms with E-state index in [1.807, 2.05) is 19.1 Å². The number of halogens is 1. The number of benzene rings is 1.